The van der Waals surface area contributed by atoms with Crippen molar-refractivity contribution in [3.63, 3.8) is 0 Å². The number of amides is 1. The van der Waals surface area contributed by atoms with Crippen molar-refractivity contribution in [3.8, 4) is 0 Å². The van der Waals surface area contributed by atoms with Crippen LogP contribution in [0.5, 0.6) is 0 Å². The van der Waals surface area contributed by atoms with Crippen molar-refractivity contribution < 1.29 is 4.79 Å². The first kappa shape index (κ1) is 24.6. The smallest absolute Gasteiger partial charge is 0.267 e. The van der Waals surface area contributed by atoms with Crippen molar-refractivity contribution >= 4 is 51.7 Å². The molecule has 0 saturated carbocycles. The van der Waals surface area contributed by atoms with Gasteiger partial charge >= 0.3 is 0 Å². The molecule has 0 radical (unpaired) electrons. The highest BCUT2D eigenvalue weighted by molar-refractivity contribution is 8.26. The summed E-state index contributed by atoms with van der Waals surface area (Å²) in [6, 6.07) is 22.2. The summed E-state index contributed by atoms with van der Waals surface area (Å²) in [5, 5.41) is 0. The number of rotatable bonds is 5. The Kier molecular flexibility index (Phi) is 6.59. The maximum absolute atomic E-state index is 13.8. The van der Waals surface area contributed by atoms with Crippen LogP contribution in [0.3, 0.4) is 0 Å². The second-order valence-corrected chi connectivity index (χ2v) is 11.2. The van der Waals surface area contributed by atoms with E-state index in [1.54, 1.807) is 21.6 Å². The van der Waals surface area contributed by atoms with Crippen molar-refractivity contribution in [2.45, 2.75) is 26.3 Å². The van der Waals surface area contributed by atoms with Crippen LogP contribution in [-0.2, 0) is 24.2 Å². The van der Waals surface area contributed by atoms with Gasteiger partial charge in [-0.25, -0.2) is 4.98 Å². The van der Waals surface area contributed by atoms with Gasteiger partial charge in [0.25, 0.3) is 11.5 Å². The summed E-state index contributed by atoms with van der Waals surface area (Å²) >= 11 is 6.82. The van der Waals surface area contributed by atoms with E-state index in [2.05, 4.69) is 23.1 Å². The number of aryl methyl sites for hydroxylation is 1. The summed E-state index contributed by atoms with van der Waals surface area (Å²) in [6.45, 7) is 3.85. The van der Waals surface area contributed by atoms with Crippen molar-refractivity contribution in [1.82, 2.24) is 14.3 Å². The van der Waals surface area contributed by atoms with Crippen LogP contribution in [-0.4, -0.2) is 37.6 Å². The average Bonchev–Trinajstić information content (AvgIpc) is 3.21. The summed E-state index contributed by atoms with van der Waals surface area (Å²) in [4.78, 5) is 36.5. The van der Waals surface area contributed by atoms with Gasteiger partial charge in [0.15, 0.2) is 0 Å². The van der Waals surface area contributed by atoms with E-state index in [1.165, 1.54) is 22.9 Å². The molecule has 2 aliphatic heterocycles. The van der Waals surface area contributed by atoms with Gasteiger partial charge < -0.3 is 4.90 Å². The third kappa shape index (κ3) is 4.54. The summed E-state index contributed by atoms with van der Waals surface area (Å²) < 4.78 is 2.08. The zero-order chi connectivity index (χ0) is 26.2. The Bertz CT molecular complexity index is 1660. The molecular formula is C30H26N4O2S2. The lowest BCUT2D eigenvalue weighted by molar-refractivity contribution is -0.122. The molecule has 0 aliphatic carbocycles. The molecule has 4 aromatic rings. The van der Waals surface area contributed by atoms with Crippen LogP contribution in [0.15, 0.2) is 82.6 Å². The first-order valence-corrected chi connectivity index (χ1v) is 13.8. The van der Waals surface area contributed by atoms with Gasteiger partial charge in [0.2, 0.25) is 0 Å². The van der Waals surface area contributed by atoms with Crippen LogP contribution >= 0.6 is 24.0 Å². The highest BCUT2D eigenvalue weighted by Gasteiger charge is 2.33. The van der Waals surface area contributed by atoms with Crippen LogP contribution in [0.1, 0.15) is 27.8 Å². The molecule has 38 heavy (non-hydrogen) atoms. The Morgan fingerprint density at radius 3 is 2.58 bits per heavy atom. The van der Waals surface area contributed by atoms with E-state index in [1.807, 2.05) is 55.5 Å². The number of pyridine rings is 1. The number of carbonyl (C=O) groups is 1. The maximum Gasteiger partial charge on any atom is 0.267 e. The van der Waals surface area contributed by atoms with Gasteiger partial charge in [-0.15, -0.1) is 0 Å². The number of fused-ring (bicyclic) bond motifs is 2. The molecule has 0 spiro atoms. The Hall–Kier alpha value is -3.75. The number of anilines is 1. The molecule has 2 aromatic carbocycles. The molecule has 0 atom stereocenters. The number of thiocarbonyl (C=S) groups is 1. The fourth-order valence-electron chi connectivity index (χ4n) is 5.05. The van der Waals surface area contributed by atoms with Gasteiger partial charge in [0, 0.05) is 25.8 Å². The Balaban J connectivity index is 1.39. The monoisotopic (exact) mass is 538 g/mol. The highest BCUT2D eigenvalue weighted by Crippen LogP contribution is 2.34. The standard InChI is InChI=1S/C30H26N4O2S2/c1-20-8-7-15-33-26(20)31-27(32-16-14-22-11-5-6-12-23(22)19-32)24(28(33)35)18-25-29(36)34(30(37)38-25)17-13-21-9-3-2-4-10-21/h2-12,15,18H,13-14,16-17,19H2,1H3. The number of thioether (sulfide) groups is 1. The van der Waals surface area contributed by atoms with Gasteiger partial charge in [0.05, 0.1) is 10.5 Å². The number of benzene rings is 2. The van der Waals surface area contributed by atoms with E-state index in [-0.39, 0.29) is 11.5 Å². The molecule has 2 aliphatic rings. The summed E-state index contributed by atoms with van der Waals surface area (Å²) in [6.07, 6.45) is 5.00. The quantitative estimate of drug-likeness (QED) is 0.263. The number of carbonyl (C=O) groups excluding carboxylic acids is 1. The molecule has 2 aromatic heterocycles. The minimum absolute atomic E-state index is 0.167. The topological polar surface area (TPSA) is 57.9 Å². The van der Waals surface area contributed by atoms with E-state index in [0.29, 0.717) is 45.8 Å². The minimum Gasteiger partial charge on any atom is -0.351 e. The Morgan fingerprint density at radius 1 is 1.00 bits per heavy atom. The van der Waals surface area contributed by atoms with Gasteiger partial charge in [0.1, 0.15) is 15.8 Å². The summed E-state index contributed by atoms with van der Waals surface area (Å²) in [7, 11) is 0. The zero-order valence-corrected chi connectivity index (χ0v) is 22.6. The third-order valence-corrected chi connectivity index (χ3v) is 8.49. The lowest BCUT2D eigenvalue weighted by Crippen LogP contribution is -2.34. The van der Waals surface area contributed by atoms with Crippen molar-refractivity contribution in [3.05, 3.63) is 116 Å². The average molecular weight is 539 g/mol. The molecule has 8 heteroatoms. The molecule has 6 rings (SSSR count). The highest BCUT2D eigenvalue weighted by atomic mass is 32.2. The van der Waals surface area contributed by atoms with E-state index in [9.17, 15) is 9.59 Å². The van der Waals surface area contributed by atoms with Crippen molar-refractivity contribution in [2.24, 2.45) is 0 Å². The molecular weight excluding hydrogens is 512 g/mol. The van der Waals surface area contributed by atoms with Crippen LogP contribution in [0.4, 0.5) is 5.82 Å². The fourth-order valence-corrected chi connectivity index (χ4v) is 6.34. The number of aromatic nitrogens is 2. The van der Waals surface area contributed by atoms with E-state index >= 15 is 0 Å². The van der Waals surface area contributed by atoms with Gasteiger partial charge in [-0.05, 0) is 54.2 Å². The largest absolute Gasteiger partial charge is 0.351 e. The normalized spacial score (nSPS) is 16.5. The van der Waals surface area contributed by atoms with E-state index in [0.717, 1.165) is 24.1 Å². The Labute approximate surface area is 230 Å². The van der Waals surface area contributed by atoms with Gasteiger partial charge in [-0.1, -0.05) is 84.6 Å². The molecule has 0 N–H and O–H groups in total. The molecule has 1 amide bonds. The number of nitrogens with zero attached hydrogens (tertiary/aromatic N) is 4. The Morgan fingerprint density at radius 2 is 1.76 bits per heavy atom. The maximum atomic E-state index is 13.8. The molecule has 0 unspecified atom stereocenters. The summed E-state index contributed by atoms with van der Waals surface area (Å²) in [5.41, 5.74) is 5.45. The van der Waals surface area contributed by atoms with E-state index < -0.39 is 0 Å². The van der Waals surface area contributed by atoms with Crippen molar-refractivity contribution in [1.29, 1.82) is 0 Å². The molecule has 190 valence electrons. The van der Waals surface area contributed by atoms with Crippen molar-refractivity contribution in [2.75, 3.05) is 18.0 Å². The van der Waals surface area contributed by atoms with Crippen LogP contribution in [0.2, 0.25) is 0 Å². The third-order valence-electron chi connectivity index (χ3n) is 7.11. The second-order valence-electron chi connectivity index (χ2n) is 9.55. The molecule has 1 saturated heterocycles. The SMILES string of the molecule is Cc1cccn2c(=O)c(C=C3SC(=S)N(CCc4ccccc4)C3=O)c(N3CCc4ccccc4C3)nc12. The first-order valence-electron chi connectivity index (χ1n) is 12.6. The van der Waals surface area contributed by atoms with Crippen LogP contribution in [0, 0.1) is 6.92 Å². The number of hydrogen-bond donors (Lipinski definition) is 0. The molecule has 6 nitrogen and oxygen atoms in total. The predicted molar refractivity (Wildman–Crippen MR) is 157 cm³/mol. The summed E-state index contributed by atoms with van der Waals surface area (Å²) in [5.74, 6) is 0.438. The van der Waals surface area contributed by atoms with Gasteiger partial charge in [-0.2, -0.15) is 0 Å². The minimum atomic E-state index is -0.192. The predicted octanol–water partition coefficient (Wildman–Crippen LogP) is 5.01. The fraction of sp³-hybridized carbons (Fsp3) is 0.200. The second kappa shape index (κ2) is 10.2. The molecule has 4 heterocycles. The van der Waals surface area contributed by atoms with E-state index in [4.69, 9.17) is 17.2 Å². The molecule has 0 bridgehead atoms. The van der Waals surface area contributed by atoms with Gasteiger partial charge in [-0.3, -0.25) is 18.9 Å². The molecule has 1 fully saturated rings. The van der Waals surface area contributed by atoms with Crippen LogP contribution < -0.4 is 10.5 Å². The first-order chi connectivity index (χ1) is 18.5. The lowest BCUT2D eigenvalue weighted by Gasteiger charge is -2.31. The zero-order valence-electron chi connectivity index (χ0n) is 21.0. The van der Waals surface area contributed by atoms with Crippen LogP contribution in [0.25, 0.3) is 11.7 Å². The number of hydrogen-bond acceptors (Lipinski definition) is 6. The lowest BCUT2D eigenvalue weighted by atomic mass is 9.99.